The molecule has 0 aliphatic carbocycles. The van der Waals surface area contributed by atoms with Gasteiger partial charge in [0.25, 0.3) is 0 Å². The Kier molecular flexibility index (Phi) is 3.24. The number of halogens is 3. The molecule has 0 radical (unpaired) electrons. The van der Waals surface area contributed by atoms with Crippen molar-refractivity contribution in [2.75, 3.05) is 0 Å². The van der Waals surface area contributed by atoms with Crippen molar-refractivity contribution in [2.24, 2.45) is 5.73 Å². The summed E-state index contributed by atoms with van der Waals surface area (Å²) < 4.78 is 37.6. The fraction of sp³-hybridized carbons (Fsp3) is 0.364. The van der Waals surface area contributed by atoms with Gasteiger partial charge in [-0.25, -0.2) is 0 Å². The zero-order valence-corrected chi connectivity index (χ0v) is 8.89. The lowest BCUT2D eigenvalue weighted by atomic mass is 10.1. The van der Waals surface area contributed by atoms with Crippen molar-refractivity contribution in [2.45, 2.75) is 25.6 Å². The van der Waals surface area contributed by atoms with E-state index in [1.54, 1.807) is 13.8 Å². The lowest BCUT2D eigenvalue weighted by molar-refractivity contribution is -0.137. The minimum atomic E-state index is -4.42. The third kappa shape index (κ3) is 3.55. The second kappa shape index (κ2) is 4.14. The Morgan fingerprint density at radius 1 is 1.31 bits per heavy atom. The number of pyridine rings is 1. The van der Waals surface area contributed by atoms with E-state index in [4.69, 9.17) is 5.73 Å². The summed E-state index contributed by atoms with van der Waals surface area (Å²) >= 11 is 0. The topological polar surface area (TPSA) is 38.9 Å². The van der Waals surface area contributed by atoms with Crippen LogP contribution in [0.4, 0.5) is 13.2 Å². The summed E-state index contributed by atoms with van der Waals surface area (Å²) in [4.78, 5) is 3.62. The van der Waals surface area contributed by atoms with E-state index in [1.807, 2.05) is 0 Å². The molecule has 0 unspecified atom stereocenters. The zero-order chi connectivity index (χ0) is 12.4. The quantitative estimate of drug-likeness (QED) is 0.691. The van der Waals surface area contributed by atoms with Crippen LogP contribution in [0.2, 0.25) is 0 Å². The highest BCUT2D eigenvalue weighted by Gasteiger charge is 2.32. The van der Waals surface area contributed by atoms with Gasteiger partial charge in [-0.1, -0.05) is 11.8 Å². The molecule has 0 aliphatic rings. The molecule has 0 saturated carbocycles. The first-order chi connectivity index (χ1) is 7.20. The summed E-state index contributed by atoms with van der Waals surface area (Å²) in [6.45, 7) is 3.23. The van der Waals surface area contributed by atoms with Crippen molar-refractivity contribution >= 4 is 0 Å². The smallest absolute Gasteiger partial charge is 0.316 e. The molecule has 0 bridgehead atoms. The van der Waals surface area contributed by atoms with Crippen LogP contribution in [0.1, 0.15) is 25.0 Å². The van der Waals surface area contributed by atoms with E-state index < -0.39 is 17.3 Å². The first-order valence-corrected chi connectivity index (χ1v) is 4.53. The Hall–Kier alpha value is -1.54. The molecule has 0 atom stereocenters. The van der Waals surface area contributed by atoms with E-state index in [0.717, 1.165) is 18.5 Å². The van der Waals surface area contributed by atoms with Crippen LogP contribution in [-0.2, 0) is 6.18 Å². The fourth-order valence-electron chi connectivity index (χ4n) is 0.970. The summed E-state index contributed by atoms with van der Waals surface area (Å²) in [6, 6.07) is 0.896. The van der Waals surface area contributed by atoms with Crippen molar-refractivity contribution in [3.05, 3.63) is 29.6 Å². The molecular formula is C11H11F3N2. The van der Waals surface area contributed by atoms with Gasteiger partial charge in [0.05, 0.1) is 16.7 Å². The summed E-state index contributed by atoms with van der Waals surface area (Å²) in [6.07, 6.45) is -2.26. The molecule has 86 valence electrons. The van der Waals surface area contributed by atoms with E-state index in [1.165, 1.54) is 0 Å². The van der Waals surface area contributed by atoms with Gasteiger partial charge < -0.3 is 5.73 Å². The first kappa shape index (κ1) is 12.5. The predicted molar refractivity (Wildman–Crippen MR) is 54.4 cm³/mol. The molecule has 0 aromatic carbocycles. The summed E-state index contributed by atoms with van der Waals surface area (Å²) in [5.41, 5.74) is 3.78. The predicted octanol–water partition coefficient (Wildman–Crippen LogP) is 2.19. The second-order valence-corrected chi connectivity index (χ2v) is 3.89. The molecule has 0 aliphatic heterocycles. The van der Waals surface area contributed by atoms with Crippen LogP contribution in [0.3, 0.4) is 0 Å². The van der Waals surface area contributed by atoms with Gasteiger partial charge >= 0.3 is 6.18 Å². The maximum Gasteiger partial charge on any atom is 0.417 e. The molecule has 1 rings (SSSR count). The SMILES string of the molecule is CC(C)(N)C#Cc1cnccc1C(F)(F)F. The fourth-order valence-corrected chi connectivity index (χ4v) is 0.970. The van der Waals surface area contributed by atoms with Gasteiger partial charge in [-0.3, -0.25) is 4.98 Å². The summed E-state index contributed by atoms with van der Waals surface area (Å²) in [7, 11) is 0. The van der Waals surface area contributed by atoms with Gasteiger partial charge in [0.2, 0.25) is 0 Å². The second-order valence-electron chi connectivity index (χ2n) is 3.89. The third-order valence-corrected chi connectivity index (χ3v) is 1.65. The lowest BCUT2D eigenvalue weighted by Crippen LogP contribution is -2.29. The van der Waals surface area contributed by atoms with E-state index >= 15 is 0 Å². The van der Waals surface area contributed by atoms with Gasteiger partial charge in [0.1, 0.15) is 0 Å². The van der Waals surface area contributed by atoms with Gasteiger partial charge in [-0.15, -0.1) is 0 Å². The molecule has 0 saturated heterocycles. The molecule has 0 amide bonds. The monoisotopic (exact) mass is 228 g/mol. The molecule has 2 nitrogen and oxygen atoms in total. The molecule has 1 heterocycles. The highest BCUT2D eigenvalue weighted by molar-refractivity contribution is 5.42. The maximum absolute atomic E-state index is 12.5. The standard InChI is InChI=1S/C11H11F3N2/c1-10(2,15)5-3-8-7-16-6-4-9(8)11(12,13)14/h4,6-7H,15H2,1-2H3. The minimum absolute atomic E-state index is 0.159. The molecule has 1 aromatic heterocycles. The zero-order valence-electron chi connectivity index (χ0n) is 8.89. The van der Waals surface area contributed by atoms with Crippen LogP contribution in [0, 0.1) is 11.8 Å². The summed E-state index contributed by atoms with van der Waals surface area (Å²) in [5.74, 6) is 4.94. The van der Waals surface area contributed by atoms with Crippen molar-refractivity contribution in [3.8, 4) is 11.8 Å². The number of nitrogens with two attached hydrogens (primary N) is 1. The van der Waals surface area contributed by atoms with E-state index in [-0.39, 0.29) is 5.56 Å². The van der Waals surface area contributed by atoms with E-state index in [9.17, 15) is 13.2 Å². The lowest BCUT2D eigenvalue weighted by Gasteiger charge is -2.10. The van der Waals surface area contributed by atoms with Crippen LogP contribution in [0.25, 0.3) is 0 Å². The highest BCUT2D eigenvalue weighted by Crippen LogP contribution is 2.30. The molecule has 2 N–H and O–H groups in total. The maximum atomic E-state index is 12.5. The number of aromatic nitrogens is 1. The molecule has 5 heteroatoms. The van der Waals surface area contributed by atoms with E-state index in [0.29, 0.717) is 0 Å². The number of rotatable bonds is 0. The molecule has 0 spiro atoms. The number of hydrogen-bond donors (Lipinski definition) is 1. The van der Waals surface area contributed by atoms with Crippen LogP contribution in [0.15, 0.2) is 18.5 Å². The van der Waals surface area contributed by atoms with E-state index in [2.05, 4.69) is 16.8 Å². The number of hydrogen-bond acceptors (Lipinski definition) is 2. The molecule has 0 fully saturated rings. The van der Waals surface area contributed by atoms with Crippen molar-refractivity contribution in [3.63, 3.8) is 0 Å². The Morgan fingerprint density at radius 3 is 2.44 bits per heavy atom. The Bertz CT molecular complexity index is 433. The van der Waals surface area contributed by atoms with Crippen molar-refractivity contribution in [1.29, 1.82) is 0 Å². The average molecular weight is 228 g/mol. The summed E-state index contributed by atoms with van der Waals surface area (Å²) in [5, 5.41) is 0. The molecule has 1 aromatic rings. The largest absolute Gasteiger partial charge is 0.417 e. The van der Waals surface area contributed by atoms with Crippen LogP contribution >= 0.6 is 0 Å². The van der Waals surface area contributed by atoms with Crippen LogP contribution < -0.4 is 5.73 Å². The van der Waals surface area contributed by atoms with Gasteiger partial charge in [0.15, 0.2) is 0 Å². The number of alkyl halides is 3. The normalized spacial score (nSPS) is 11.9. The average Bonchev–Trinajstić information content (AvgIpc) is 2.12. The minimum Gasteiger partial charge on any atom is -0.316 e. The number of nitrogens with zero attached hydrogens (tertiary/aromatic N) is 1. The van der Waals surface area contributed by atoms with Crippen molar-refractivity contribution in [1.82, 2.24) is 4.98 Å². The highest BCUT2D eigenvalue weighted by atomic mass is 19.4. The molecule has 16 heavy (non-hydrogen) atoms. The van der Waals surface area contributed by atoms with Gasteiger partial charge in [0, 0.05) is 12.4 Å². The first-order valence-electron chi connectivity index (χ1n) is 4.53. The van der Waals surface area contributed by atoms with Crippen molar-refractivity contribution < 1.29 is 13.2 Å². The van der Waals surface area contributed by atoms with Gasteiger partial charge in [-0.2, -0.15) is 13.2 Å². The Morgan fingerprint density at radius 2 is 1.94 bits per heavy atom. The van der Waals surface area contributed by atoms with Crippen LogP contribution in [0.5, 0.6) is 0 Å². The Labute approximate surface area is 91.7 Å². The molecular weight excluding hydrogens is 217 g/mol. The van der Waals surface area contributed by atoms with Crippen LogP contribution in [-0.4, -0.2) is 10.5 Å². The van der Waals surface area contributed by atoms with Gasteiger partial charge in [-0.05, 0) is 19.9 Å². The Balaban J connectivity index is 3.19. The third-order valence-electron chi connectivity index (χ3n) is 1.65.